The number of hydrogen-bond donors (Lipinski definition) is 0. The summed E-state index contributed by atoms with van der Waals surface area (Å²) in [4.78, 5) is 20.9. The van der Waals surface area contributed by atoms with E-state index in [0.29, 0.717) is 6.42 Å². The minimum Gasteiger partial charge on any atom is -0.469 e. The zero-order valence-electron chi connectivity index (χ0n) is 10.4. The van der Waals surface area contributed by atoms with Gasteiger partial charge in [0.05, 0.1) is 13.0 Å². The summed E-state index contributed by atoms with van der Waals surface area (Å²) in [5, 5.41) is 0. The number of methoxy groups -OCH3 is 1. The van der Waals surface area contributed by atoms with Crippen LogP contribution in [0.15, 0.2) is 0 Å². The molecule has 5 heteroatoms. The molecule has 96 valence electrons. The molecule has 0 unspecified atom stereocenters. The molecule has 0 aromatic carbocycles. The zero-order chi connectivity index (χ0) is 13.0. The van der Waals surface area contributed by atoms with Gasteiger partial charge in [0.2, 0.25) is 0 Å². The molecule has 0 bridgehead atoms. The van der Waals surface area contributed by atoms with E-state index < -0.39 is 0 Å². The monoisotopic (exact) mass is 252 g/mol. The third-order valence-corrected chi connectivity index (χ3v) is 2.14. The number of carbonyl (C=O) groups is 2. The summed E-state index contributed by atoms with van der Waals surface area (Å²) in [5.74, 6) is -0.311. The van der Waals surface area contributed by atoms with Crippen molar-refractivity contribution >= 4 is 23.5 Å². The lowest BCUT2D eigenvalue weighted by Gasteiger charge is -2.08. The number of esters is 2. The van der Waals surface area contributed by atoms with Gasteiger partial charge in [-0.3, -0.25) is 9.59 Å². The van der Waals surface area contributed by atoms with E-state index in [2.05, 4.69) is 9.47 Å². The van der Waals surface area contributed by atoms with Gasteiger partial charge in [-0.05, 0) is 12.8 Å². The van der Waals surface area contributed by atoms with Gasteiger partial charge < -0.3 is 9.47 Å². The van der Waals surface area contributed by atoms with Gasteiger partial charge in [0, 0.05) is 6.42 Å². The Labute approximate surface area is 102 Å². The van der Waals surface area contributed by atoms with Crippen LogP contribution in [-0.2, 0) is 19.1 Å². The Hall–Kier alpha value is -0.770. The summed E-state index contributed by atoms with van der Waals surface area (Å²) in [6, 6.07) is -0.0324. The summed E-state index contributed by atoms with van der Waals surface area (Å²) in [5.41, 5.74) is 0. The SMILES string of the molecule is CCC(=O)OC.CCC(CC)C(=O)OCCl. The van der Waals surface area contributed by atoms with Crippen molar-refractivity contribution < 1.29 is 19.1 Å². The van der Waals surface area contributed by atoms with Crippen molar-refractivity contribution in [1.29, 1.82) is 0 Å². The van der Waals surface area contributed by atoms with E-state index in [1.165, 1.54) is 7.11 Å². The highest BCUT2D eigenvalue weighted by Gasteiger charge is 2.14. The summed E-state index contributed by atoms with van der Waals surface area (Å²) in [7, 11) is 1.38. The fourth-order valence-corrected chi connectivity index (χ4v) is 1.05. The summed E-state index contributed by atoms with van der Waals surface area (Å²) < 4.78 is 8.87. The van der Waals surface area contributed by atoms with Gasteiger partial charge in [-0.25, -0.2) is 0 Å². The molecule has 0 saturated carbocycles. The second-order valence-electron chi connectivity index (χ2n) is 3.02. The van der Waals surface area contributed by atoms with E-state index in [-0.39, 0.29) is 23.9 Å². The maximum absolute atomic E-state index is 10.9. The molecule has 0 atom stereocenters. The standard InChI is InChI=1S/C7H13ClO2.C4H8O2/c1-3-6(4-2)7(9)10-5-8;1-3-4(5)6-2/h6H,3-5H2,1-2H3;3H2,1-2H3. The van der Waals surface area contributed by atoms with Crippen molar-refractivity contribution in [1.82, 2.24) is 0 Å². The van der Waals surface area contributed by atoms with Gasteiger partial charge >= 0.3 is 11.9 Å². The van der Waals surface area contributed by atoms with Crippen molar-refractivity contribution in [2.75, 3.05) is 13.2 Å². The van der Waals surface area contributed by atoms with Gasteiger partial charge in [-0.15, -0.1) is 0 Å². The molecule has 0 aromatic heterocycles. The Morgan fingerprint density at radius 1 is 1.19 bits per heavy atom. The smallest absolute Gasteiger partial charge is 0.310 e. The third-order valence-electron chi connectivity index (χ3n) is 2.03. The predicted molar refractivity (Wildman–Crippen MR) is 63.2 cm³/mol. The van der Waals surface area contributed by atoms with Crippen LogP contribution in [0.25, 0.3) is 0 Å². The fourth-order valence-electron chi connectivity index (χ4n) is 0.938. The van der Waals surface area contributed by atoms with E-state index in [1.807, 2.05) is 13.8 Å². The van der Waals surface area contributed by atoms with Crippen molar-refractivity contribution in [2.45, 2.75) is 40.0 Å². The molecule has 0 N–H and O–H groups in total. The Kier molecular flexibility index (Phi) is 13.5. The normalized spacial score (nSPS) is 9.12. The minimum absolute atomic E-state index is 0.0266. The molecule has 16 heavy (non-hydrogen) atoms. The minimum atomic E-state index is -0.181. The average molecular weight is 253 g/mol. The highest BCUT2D eigenvalue weighted by atomic mass is 35.5. The van der Waals surface area contributed by atoms with Crippen LogP contribution < -0.4 is 0 Å². The largest absolute Gasteiger partial charge is 0.469 e. The summed E-state index contributed by atoms with van der Waals surface area (Å²) in [6.45, 7) is 5.68. The lowest BCUT2D eigenvalue weighted by atomic mass is 10.0. The zero-order valence-corrected chi connectivity index (χ0v) is 11.2. The molecule has 4 nitrogen and oxygen atoms in total. The second-order valence-corrected chi connectivity index (χ2v) is 3.23. The fraction of sp³-hybridized carbons (Fsp3) is 0.818. The van der Waals surface area contributed by atoms with Crippen LogP contribution in [0.2, 0.25) is 0 Å². The van der Waals surface area contributed by atoms with Crippen LogP contribution in [0.3, 0.4) is 0 Å². The molecular formula is C11H21ClO4. The van der Waals surface area contributed by atoms with Gasteiger partial charge in [0.25, 0.3) is 0 Å². The molecular weight excluding hydrogens is 232 g/mol. The highest BCUT2D eigenvalue weighted by molar-refractivity contribution is 6.17. The van der Waals surface area contributed by atoms with Crippen LogP contribution in [0.4, 0.5) is 0 Å². The van der Waals surface area contributed by atoms with E-state index in [4.69, 9.17) is 11.6 Å². The van der Waals surface area contributed by atoms with Crippen molar-refractivity contribution in [3.63, 3.8) is 0 Å². The van der Waals surface area contributed by atoms with Crippen LogP contribution in [0.5, 0.6) is 0 Å². The number of hydrogen-bond acceptors (Lipinski definition) is 4. The number of carbonyl (C=O) groups excluding carboxylic acids is 2. The molecule has 0 fully saturated rings. The third kappa shape index (κ3) is 9.77. The van der Waals surface area contributed by atoms with Crippen LogP contribution in [0.1, 0.15) is 40.0 Å². The van der Waals surface area contributed by atoms with E-state index in [0.717, 1.165) is 12.8 Å². The molecule has 0 rings (SSSR count). The topological polar surface area (TPSA) is 52.6 Å². The van der Waals surface area contributed by atoms with Gasteiger partial charge in [-0.2, -0.15) is 0 Å². The molecule has 0 aliphatic carbocycles. The first-order valence-corrected chi connectivity index (χ1v) is 5.90. The molecule has 0 aromatic rings. The first-order chi connectivity index (χ1) is 7.56. The van der Waals surface area contributed by atoms with Crippen molar-refractivity contribution in [2.24, 2.45) is 5.92 Å². The van der Waals surface area contributed by atoms with Crippen LogP contribution in [0, 0.1) is 5.92 Å². The van der Waals surface area contributed by atoms with E-state index in [9.17, 15) is 9.59 Å². The van der Waals surface area contributed by atoms with Gasteiger partial charge in [0.15, 0.2) is 6.07 Å². The lowest BCUT2D eigenvalue weighted by Crippen LogP contribution is -2.15. The van der Waals surface area contributed by atoms with E-state index >= 15 is 0 Å². The van der Waals surface area contributed by atoms with Crippen molar-refractivity contribution in [3.8, 4) is 0 Å². The quantitative estimate of drug-likeness (QED) is 0.558. The molecule has 0 heterocycles. The van der Waals surface area contributed by atoms with E-state index in [1.54, 1.807) is 6.92 Å². The molecule has 0 amide bonds. The number of halogens is 1. The summed E-state index contributed by atoms with van der Waals surface area (Å²) in [6.07, 6.45) is 2.12. The number of alkyl halides is 1. The predicted octanol–water partition coefficient (Wildman–Crippen LogP) is 2.73. The van der Waals surface area contributed by atoms with Crippen LogP contribution >= 0.6 is 11.6 Å². The number of ether oxygens (including phenoxy) is 2. The summed E-state index contributed by atoms with van der Waals surface area (Å²) >= 11 is 5.21. The first-order valence-electron chi connectivity index (χ1n) is 5.36. The lowest BCUT2D eigenvalue weighted by molar-refractivity contribution is -0.146. The first kappa shape index (κ1) is 17.6. The Morgan fingerprint density at radius 2 is 1.69 bits per heavy atom. The molecule has 0 aliphatic heterocycles. The number of rotatable bonds is 5. The maximum atomic E-state index is 10.9. The van der Waals surface area contributed by atoms with Gasteiger partial charge in [-0.1, -0.05) is 32.4 Å². The molecule has 0 radical (unpaired) electrons. The Morgan fingerprint density at radius 3 is 1.88 bits per heavy atom. The Balaban J connectivity index is 0. The maximum Gasteiger partial charge on any atom is 0.310 e. The average Bonchev–Trinajstić information content (AvgIpc) is 2.31. The van der Waals surface area contributed by atoms with Gasteiger partial charge in [0.1, 0.15) is 0 Å². The van der Waals surface area contributed by atoms with Crippen molar-refractivity contribution in [3.05, 3.63) is 0 Å². The highest BCUT2D eigenvalue weighted by Crippen LogP contribution is 2.09. The van der Waals surface area contributed by atoms with Crippen LogP contribution in [-0.4, -0.2) is 25.1 Å². The second kappa shape index (κ2) is 12.3. The Bertz CT molecular complexity index is 184. The molecule has 0 saturated heterocycles. The molecule has 0 aliphatic rings. The molecule has 0 spiro atoms.